The zero-order chi connectivity index (χ0) is 13.3. The summed E-state index contributed by atoms with van der Waals surface area (Å²) < 4.78 is 0. The molecule has 0 aromatic heterocycles. The van der Waals surface area contributed by atoms with Gasteiger partial charge in [-0.05, 0) is 43.9 Å². The summed E-state index contributed by atoms with van der Waals surface area (Å²) in [5.74, 6) is -2.24. The predicted molar refractivity (Wildman–Crippen MR) is 68.7 cm³/mol. The van der Waals surface area contributed by atoms with E-state index in [1.165, 1.54) is 0 Å². The fraction of sp³-hybridized carbons (Fsp3) is 0.429. The van der Waals surface area contributed by atoms with Crippen LogP contribution in [0.5, 0.6) is 0 Å². The van der Waals surface area contributed by atoms with Crippen LogP contribution in [-0.4, -0.2) is 23.5 Å². The van der Waals surface area contributed by atoms with Crippen molar-refractivity contribution >= 4 is 17.6 Å². The molecule has 1 amide bonds. The summed E-state index contributed by atoms with van der Waals surface area (Å²) in [6, 6.07) is 5.95. The third kappa shape index (κ3) is 2.10. The van der Waals surface area contributed by atoms with E-state index >= 15 is 0 Å². The molecule has 0 spiro atoms. The molecule has 0 radical (unpaired) electrons. The Morgan fingerprint density at radius 3 is 2.83 bits per heavy atom. The molecule has 0 saturated carbocycles. The van der Waals surface area contributed by atoms with Crippen molar-refractivity contribution in [1.29, 1.82) is 0 Å². The first-order valence-electron chi connectivity index (χ1n) is 6.18. The van der Waals surface area contributed by atoms with E-state index < -0.39 is 11.9 Å². The zero-order valence-electron chi connectivity index (χ0n) is 10.6. The minimum Gasteiger partial charge on any atom is -0.481 e. The van der Waals surface area contributed by atoms with Gasteiger partial charge in [0.05, 0.1) is 0 Å². The van der Waals surface area contributed by atoms with Crippen molar-refractivity contribution in [3.63, 3.8) is 0 Å². The maximum atomic E-state index is 12.2. The summed E-state index contributed by atoms with van der Waals surface area (Å²) in [6.45, 7) is 4.34. The monoisotopic (exact) mass is 247 g/mol. The minimum absolute atomic E-state index is 0.297. The molecule has 96 valence electrons. The summed E-state index contributed by atoms with van der Waals surface area (Å²) in [6.07, 6.45) is 1.01. The number of rotatable bonds is 2. The second kappa shape index (κ2) is 4.80. The van der Waals surface area contributed by atoms with Crippen LogP contribution < -0.4 is 4.90 Å². The van der Waals surface area contributed by atoms with Crippen LogP contribution >= 0.6 is 0 Å². The lowest BCUT2D eigenvalue weighted by molar-refractivity contribution is -0.146. The molecule has 0 saturated heterocycles. The van der Waals surface area contributed by atoms with Gasteiger partial charge in [0, 0.05) is 12.2 Å². The van der Waals surface area contributed by atoms with Crippen LogP contribution in [-0.2, 0) is 16.0 Å². The highest BCUT2D eigenvalue weighted by atomic mass is 16.4. The number of anilines is 1. The number of carboxylic acid groups (broad SMARTS) is 1. The van der Waals surface area contributed by atoms with Crippen LogP contribution in [0.15, 0.2) is 18.2 Å². The molecule has 1 N–H and O–H groups in total. The molecule has 0 fully saturated rings. The van der Waals surface area contributed by atoms with E-state index in [9.17, 15) is 9.59 Å². The van der Waals surface area contributed by atoms with Gasteiger partial charge in [-0.25, -0.2) is 0 Å². The molecule has 18 heavy (non-hydrogen) atoms. The topological polar surface area (TPSA) is 57.6 Å². The predicted octanol–water partition coefficient (Wildman–Crippen LogP) is 1.99. The third-order valence-corrected chi connectivity index (χ3v) is 3.41. The van der Waals surface area contributed by atoms with Crippen molar-refractivity contribution in [3.05, 3.63) is 29.3 Å². The van der Waals surface area contributed by atoms with E-state index in [1.807, 2.05) is 32.0 Å². The first kappa shape index (κ1) is 12.6. The van der Waals surface area contributed by atoms with E-state index in [-0.39, 0.29) is 5.91 Å². The third-order valence-electron chi connectivity index (χ3n) is 3.41. The van der Waals surface area contributed by atoms with Crippen molar-refractivity contribution < 1.29 is 14.7 Å². The van der Waals surface area contributed by atoms with Crippen LogP contribution in [0.3, 0.4) is 0 Å². The Morgan fingerprint density at radius 1 is 1.50 bits per heavy atom. The number of carbonyl (C=O) groups is 2. The Balaban J connectivity index is 2.48. The van der Waals surface area contributed by atoms with Gasteiger partial charge in [-0.3, -0.25) is 9.59 Å². The van der Waals surface area contributed by atoms with Gasteiger partial charge >= 0.3 is 5.97 Å². The highest BCUT2D eigenvalue weighted by Gasteiger charge is 2.34. The van der Waals surface area contributed by atoms with Gasteiger partial charge in [-0.1, -0.05) is 12.1 Å². The van der Waals surface area contributed by atoms with Gasteiger partial charge < -0.3 is 10.0 Å². The lowest BCUT2D eigenvalue weighted by Crippen LogP contribution is -2.38. The highest BCUT2D eigenvalue weighted by Crippen LogP contribution is 2.30. The average Bonchev–Trinajstić information content (AvgIpc) is 2.45. The standard InChI is InChI=1S/C14H17NO3/c1-3-15-12-8-9(2)4-5-10(12)6-7-11(13(15)16)14(17)18/h4-5,8,11H,3,6-7H2,1-2H3,(H,17,18). The maximum Gasteiger partial charge on any atom is 0.316 e. The molecule has 0 aliphatic carbocycles. The molecule has 1 aromatic carbocycles. The fourth-order valence-corrected chi connectivity index (χ4v) is 2.42. The molecule has 1 atom stereocenters. The lowest BCUT2D eigenvalue weighted by atomic mass is 10.0. The Hall–Kier alpha value is -1.84. The van der Waals surface area contributed by atoms with E-state index in [0.29, 0.717) is 19.4 Å². The summed E-state index contributed by atoms with van der Waals surface area (Å²) in [5.41, 5.74) is 3.00. The number of nitrogens with zero attached hydrogens (tertiary/aromatic N) is 1. The molecule has 1 unspecified atom stereocenters. The Morgan fingerprint density at radius 2 is 2.22 bits per heavy atom. The van der Waals surface area contributed by atoms with E-state index in [1.54, 1.807) is 4.90 Å². The second-order valence-electron chi connectivity index (χ2n) is 4.64. The molecule has 1 aromatic rings. The van der Waals surface area contributed by atoms with Crippen LogP contribution in [0.1, 0.15) is 24.5 Å². The van der Waals surface area contributed by atoms with Crippen molar-refractivity contribution in [2.75, 3.05) is 11.4 Å². The van der Waals surface area contributed by atoms with Gasteiger partial charge in [0.2, 0.25) is 5.91 Å². The first-order valence-corrected chi connectivity index (χ1v) is 6.18. The number of fused-ring (bicyclic) bond motifs is 1. The fourth-order valence-electron chi connectivity index (χ4n) is 2.42. The average molecular weight is 247 g/mol. The highest BCUT2D eigenvalue weighted by molar-refractivity contribution is 6.06. The van der Waals surface area contributed by atoms with Gasteiger partial charge in [0.1, 0.15) is 5.92 Å². The van der Waals surface area contributed by atoms with Crippen molar-refractivity contribution in [1.82, 2.24) is 0 Å². The number of carbonyl (C=O) groups excluding carboxylic acids is 1. The SMILES string of the molecule is CCN1C(=O)C(C(=O)O)CCc2ccc(C)cc21. The largest absolute Gasteiger partial charge is 0.481 e. The molecule has 0 bridgehead atoms. The molecule has 2 rings (SSSR count). The molecular weight excluding hydrogens is 230 g/mol. The first-order chi connectivity index (χ1) is 8.54. The number of hydrogen-bond donors (Lipinski definition) is 1. The van der Waals surface area contributed by atoms with E-state index in [0.717, 1.165) is 16.8 Å². The molecule has 1 heterocycles. The van der Waals surface area contributed by atoms with Crippen LogP contribution in [0.25, 0.3) is 0 Å². The Bertz CT molecular complexity index is 496. The van der Waals surface area contributed by atoms with Crippen LogP contribution in [0, 0.1) is 12.8 Å². The van der Waals surface area contributed by atoms with Crippen LogP contribution in [0.2, 0.25) is 0 Å². The Labute approximate surface area is 106 Å². The summed E-state index contributed by atoms with van der Waals surface area (Å²) in [4.78, 5) is 25.0. The number of carboxylic acids is 1. The van der Waals surface area contributed by atoms with Crippen molar-refractivity contribution in [2.24, 2.45) is 5.92 Å². The number of amides is 1. The number of hydrogen-bond acceptors (Lipinski definition) is 2. The molecular formula is C14H17NO3. The summed E-state index contributed by atoms with van der Waals surface area (Å²) in [5, 5.41) is 9.13. The van der Waals surface area contributed by atoms with Crippen molar-refractivity contribution in [2.45, 2.75) is 26.7 Å². The maximum absolute atomic E-state index is 12.2. The number of aryl methyl sites for hydroxylation is 2. The quantitative estimate of drug-likeness (QED) is 0.813. The normalized spacial score (nSPS) is 19.3. The Kier molecular flexibility index (Phi) is 3.36. The second-order valence-corrected chi connectivity index (χ2v) is 4.64. The smallest absolute Gasteiger partial charge is 0.316 e. The van der Waals surface area contributed by atoms with Gasteiger partial charge in [0.15, 0.2) is 0 Å². The summed E-state index contributed by atoms with van der Waals surface area (Å²) >= 11 is 0. The van der Waals surface area contributed by atoms with Gasteiger partial charge in [0.25, 0.3) is 0 Å². The van der Waals surface area contributed by atoms with Crippen LogP contribution in [0.4, 0.5) is 5.69 Å². The molecule has 1 aliphatic heterocycles. The number of benzene rings is 1. The zero-order valence-corrected chi connectivity index (χ0v) is 10.6. The lowest BCUT2D eigenvalue weighted by Gasteiger charge is -2.23. The van der Waals surface area contributed by atoms with E-state index in [4.69, 9.17) is 5.11 Å². The van der Waals surface area contributed by atoms with Crippen molar-refractivity contribution in [3.8, 4) is 0 Å². The van der Waals surface area contributed by atoms with E-state index in [2.05, 4.69) is 0 Å². The molecule has 4 nitrogen and oxygen atoms in total. The van der Waals surface area contributed by atoms with Gasteiger partial charge in [-0.15, -0.1) is 0 Å². The summed E-state index contributed by atoms with van der Waals surface area (Å²) in [7, 11) is 0. The van der Waals surface area contributed by atoms with Gasteiger partial charge in [-0.2, -0.15) is 0 Å². The number of aliphatic carboxylic acids is 1. The molecule has 1 aliphatic rings. The minimum atomic E-state index is -1.03. The molecule has 4 heteroatoms.